The molecule has 4 amide bonds. The molecule has 2 N–H and O–H groups in total. The van der Waals surface area contributed by atoms with Crippen LogP contribution < -0.4 is 10.6 Å². The molecule has 4 rings (SSSR count). The molecule has 3 aromatic carbocycles. The fraction of sp³-hybridized carbons (Fsp3) is 0.344. The van der Waals surface area contributed by atoms with E-state index in [1.807, 2.05) is 94.4 Å². The van der Waals surface area contributed by atoms with E-state index in [1.54, 1.807) is 16.1 Å². The van der Waals surface area contributed by atoms with Gasteiger partial charge in [0.25, 0.3) is 5.91 Å². The first-order valence-electron chi connectivity index (χ1n) is 13.4. The first-order chi connectivity index (χ1) is 18.5. The number of carbonyl (C=O) groups excluding carboxylic acids is 3. The monoisotopic (exact) mass is 526 g/mol. The van der Waals surface area contributed by atoms with E-state index in [2.05, 4.69) is 12.1 Å². The van der Waals surface area contributed by atoms with Crippen molar-refractivity contribution in [1.82, 2.24) is 10.0 Å². The fourth-order valence-corrected chi connectivity index (χ4v) is 5.73. The van der Waals surface area contributed by atoms with Gasteiger partial charge in [0.2, 0.25) is 5.91 Å². The first-order valence-corrected chi connectivity index (χ1v) is 13.4. The van der Waals surface area contributed by atoms with Crippen LogP contribution in [0.4, 0.5) is 10.5 Å². The Bertz CT molecular complexity index is 1320. The number of rotatable bonds is 5. The highest BCUT2D eigenvalue weighted by Crippen LogP contribution is 2.43. The summed E-state index contributed by atoms with van der Waals surface area (Å²) in [4.78, 5) is 42.5. The van der Waals surface area contributed by atoms with Crippen LogP contribution in [-0.2, 0) is 9.59 Å². The van der Waals surface area contributed by atoms with Gasteiger partial charge in [0.1, 0.15) is 6.04 Å². The van der Waals surface area contributed by atoms with E-state index >= 15 is 0 Å². The molecule has 1 saturated heterocycles. The zero-order chi connectivity index (χ0) is 28.3. The van der Waals surface area contributed by atoms with Crippen molar-refractivity contribution in [3.63, 3.8) is 0 Å². The quantitative estimate of drug-likeness (QED) is 0.445. The number of hydrazine groups is 1. The molecular weight excluding hydrogens is 488 g/mol. The minimum absolute atomic E-state index is 0.0872. The highest BCUT2D eigenvalue weighted by molar-refractivity contribution is 6.00. The minimum Gasteiger partial charge on any atom is -0.351 e. The standard InChI is InChI=1S/C32H38N4O3/c1-22-13-12-18-27(19-22)34(31(33)39)29-21-26(24-14-8-6-9-15-24)20-28(25-16-10-7-11-17-25)35(30(29)38)36(23(2)37)32(3,4)5/h6-19,26,28-29H,20-21H2,1-5H3,(H2,33,39). The Kier molecular flexibility index (Phi) is 8.09. The van der Waals surface area contributed by atoms with E-state index in [0.717, 1.165) is 16.7 Å². The predicted octanol–water partition coefficient (Wildman–Crippen LogP) is 5.96. The Hall–Kier alpha value is -4.13. The number of carbonyl (C=O) groups is 3. The van der Waals surface area contributed by atoms with Crippen molar-refractivity contribution >= 4 is 23.5 Å². The van der Waals surface area contributed by atoms with Gasteiger partial charge in [-0.3, -0.25) is 14.5 Å². The number of aryl methyl sites for hydroxylation is 1. The van der Waals surface area contributed by atoms with E-state index in [0.29, 0.717) is 18.5 Å². The van der Waals surface area contributed by atoms with Gasteiger partial charge in [-0.15, -0.1) is 0 Å². The third-order valence-corrected chi connectivity index (χ3v) is 7.26. The number of hydrogen-bond acceptors (Lipinski definition) is 3. The summed E-state index contributed by atoms with van der Waals surface area (Å²) in [7, 11) is 0. The lowest BCUT2D eigenvalue weighted by molar-refractivity contribution is -0.181. The Balaban J connectivity index is 1.97. The Morgan fingerprint density at radius 2 is 1.46 bits per heavy atom. The normalized spacial score (nSPS) is 19.8. The van der Waals surface area contributed by atoms with Crippen molar-refractivity contribution in [2.45, 2.75) is 71.0 Å². The Morgan fingerprint density at radius 1 is 0.872 bits per heavy atom. The van der Waals surface area contributed by atoms with E-state index in [9.17, 15) is 14.4 Å². The molecule has 0 bridgehead atoms. The van der Waals surface area contributed by atoms with Crippen molar-refractivity contribution in [2.24, 2.45) is 5.73 Å². The molecular formula is C32H38N4O3. The molecule has 3 aromatic rings. The van der Waals surface area contributed by atoms with Gasteiger partial charge in [0.05, 0.1) is 11.6 Å². The van der Waals surface area contributed by atoms with Gasteiger partial charge in [-0.25, -0.2) is 14.8 Å². The van der Waals surface area contributed by atoms with E-state index < -0.39 is 23.7 Å². The maximum absolute atomic E-state index is 14.8. The highest BCUT2D eigenvalue weighted by Gasteiger charge is 2.47. The SMILES string of the molecule is CC(=O)N(N1C(=O)C(N(C(N)=O)c2cccc(C)c2)CC(c2ccccc2)CC1c1ccccc1)C(C)(C)C. The molecule has 0 spiro atoms. The van der Waals surface area contributed by atoms with Gasteiger partial charge in [-0.1, -0.05) is 72.8 Å². The Labute approximate surface area is 231 Å². The molecule has 1 heterocycles. The van der Waals surface area contributed by atoms with Gasteiger partial charge >= 0.3 is 6.03 Å². The van der Waals surface area contributed by atoms with E-state index in [-0.39, 0.29) is 17.7 Å². The molecule has 1 aliphatic rings. The van der Waals surface area contributed by atoms with Crippen LogP contribution >= 0.6 is 0 Å². The van der Waals surface area contributed by atoms with Crippen LogP contribution in [0, 0.1) is 6.92 Å². The molecule has 1 aliphatic heterocycles. The lowest BCUT2D eigenvalue weighted by Gasteiger charge is -2.47. The summed E-state index contributed by atoms with van der Waals surface area (Å²) >= 11 is 0. The number of urea groups is 1. The average molecular weight is 527 g/mol. The number of amides is 4. The zero-order valence-corrected chi connectivity index (χ0v) is 23.4. The third kappa shape index (κ3) is 5.98. The maximum atomic E-state index is 14.8. The van der Waals surface area contributed by atoms with E-state index in [4.69, 9.17) is 5.73 Å². The number of nitrogens with zero attached hydrogens (tertiary/aromatic N) is 3. The maximum Gasteiger partial charge on any atom is 0.320 e. The van der Waals surface area contributed by atoms with Crippen LogP contribution in [-0.4, -0.2) is 39.4 Å². The Morgan fingerprint density at radius 3 is 1.97 bits per heavy atom. The van der Waals surface area contributed by atoms with Crippen LogP contribution in [0.25, 0.3) is 0 Å². The van der Waals surface area contributed by atoms with Crippen molar-refractivity contribution in [2.75, 3.05) is 4.90 Å². The number of primary amides is 1. The molecule has 7 nitrogen and oxygen atoms in total. The van der Waals surface area contributed by atoms with Crippen LogP contribution in [0.2, 0.25) is 0 Å². The first kappa shape index (κ1) is 27.9. The largest absolute Gasteiger partial charge is 0.351 e. The van der Waals surface area contributed by atoms with Crippen molar-refractivity contribution in [1.29, 1.82) is 0 Å². The van der Waals surface area contributed by atoms with Crippen LogP contribution in [0.1, 0.15) is 69.2 Å². The third-order valence-electron chi connectivity index (χ3n) is 7.26. The average Bonchev–Trinajstić information content (AvgIpc) is 3.02. The summed E-state index contributed by atoms with van der Waals surface area (Å²) in [6, 6.07) is 25.2. The topological polar surface area (TPSA) is 87.0 Å². The van der Waals surface area contributed by atoms with Gasteiger partial charge < -0.3 is 5.73 Å². The molecule has 1 fully saturated rings. The smallest absolute Gasteiger partial charge is 0.320 e. The summed E-state index contributed by atoms with van der Waals surface area (Å²) in [5, 5.41) is 3.14. The van der Waals surface area contributed by atoms with Crippen molar-refractivity contribution < 1.29 is 14.4 Å². The van der Waals surface area contributed by atoms with Crippen LogP contribution in [0.5, 0.6) is 0 Å². The molecule has 0 aliphatic carbocycles. The molecule has 0 aromatic heterocycles. The summed E-state index contributed by atoms with van der Waals surface area (Å²) in [6.07, 6.45) is 0.923. The second-order valence-electron chi connectivity index (χ2n) is 11.3. The molecule has 0 radical (unpaired) electrons. The van der Waals surface area contributed by atoms with Crippen molar-refractivity contribution in [3.8, 4) is 0 Å². The lowest BCUT2D eigenvalue weighted by atomic mass is 9.86. The highest BCUT2D eigenvalue weighted by atomic mass is 16.2. The summed E-state index contributed by atoms with van der Waals surface area (Å²) < 4.78 is 0. The second kappa shape index (κ2) is 11.3. The minimum atomic E-state index is -0.924. The molecule has 204 valence electrons. The molecule has 0 saturated carbocycles. The van der Waals surface area contributed by atoms with Crippen molar-refractivity contribution in [3.05, 3.63) is 102 Å². The number of hydrogen-bond donors (Lipinski definition) is 1. The molecule has 3 unspecified atom stereocenters. The van der Waals surface area contributed by atoms with Gasteiger partial charge in [-0.2, -0.15) is 0 Å². The van der Waals surface area contributed by atoms with E-state index in [1.165, 1.54) is 11.8 Å². The van der Waals surface area contributed by atoms with Crippen LogP contribution in [0.3, 0.4) is 0 Å². The summed E-state index contributed by atoms with van der Waals surface area (Å²) in [6.45, 7) is 9.13. The number of benzene rings is 3. The van der Waals surface area contributed by atoms with Crippen LogP contribution in [0.15, 0.2) is 84.9 Å². The van der Waals surface area contributed by atoms with Gasteiger partial charge in [0.15, 0.2) is 0 Å². The summed E-state index contributed by atoms with van der Waals surface area (Å²) in [5.41, 5.74) is 8.78. The molecule has 7 heteroatoms. The predicted molar refractivity (Wildman–Crippen MR) is 154 cm³/mol. The zero-order valence-electron chi connectivity index (χ0n) is 23.4. The fourth-order valence-electron chi connectivity index (χ4n) is 5.73. The number of anilines is 1. The summed E-state index contributed by atoms with van der Waals surface area (Å²) in [5.74, 6) is -0.682. The number of nitrogens with two attached hydrogens (primary N) is 1. The molecule has 3 atom stereocenters. The lowest BCUT2D eigenvalue weighted by Crippen LogP contribution is -2.62. The van der Waals surface area contributed by atoms with Gasteiger partial charge in [0, 0.05) is 12.6 Å². The second-order valence-corrected chi connectivity index (χ2v) is 11.3. The molecule has 39 heavy (non-hydrogen) atoms. The van der Waals surface area contributed by atoms with Gasteiger partial charge in [-0.05, 0) is 75.3 Å².